The van der Waals surface area contributed by atoms with E-state index in [1.54, 1.807) is 0 Å². The first-order valence-electron chi connectivity index (χ1n) is 4.89. The van der Waals surface area contributed by atoms with E-state index in [4.69, 9.17) is 0 Å². The molecule has 1 aromatic carbocycles. The Morgan fingerprint density at radius 2 is 2.12 bits per heavy atom. The number of aromatic amines is 1. The van der Waals surface area contributed by atoms with Crippen molar-refractivity contribution in [1.82, 2.24) is 20.5 Å². The third-order valence-corrected chi connectivity index (χ3v) is 2.54. The number of H-pyrrole nitrogens is 1. The molecule has 1 aromatic heterocycles. The monoisotopic (exact) mass is 295 g/mol. The summed E-state index contributed by atoms with van der Waals surface area (Å²) in [4.78, 5) is 15.2. The predicted octanol–water partition coefficient (Wildman–Crippen LogP) is 1.89. The summed E-state index contributed by atoms with van der Waals surface area (Å²) in [5.74, 6) is 0.318. The van der Waals surface area contributed by atoms with Crippen LogP contribution in [-0.2, 0) is 6.54 Å². The molecule has 2 aromatic rings. The quantitative estimate of drug-likeness (QED) is 0.809. The minimum Gasteiger partial charge on any atom is -0.334 e. The van der Waals surface area contributed by atoms with Crippen molar-refractivity contribution in [1.29, 1.82) is 0 Å². The second kappa shape index (κ2) is 5.44. The van der Waals surface area contributed by atoms with Crippen LogP contribution in [0.15, 0.2) is 35.1 Å². The summed E-state index contributed by atoms with van der Waals surface area (Å²) in [5, 5.41) is 11.4. The summed E-state index contributed by atoms with van der Waals surface area (Å²) in [6, 6.07) is 7.37. The minimum atomic E-state index is -0.329. The van der Waals surface area contributed by atoms with Gasteiger partial charge in [0.2, 0.25) is 5.95 Å². The van der Waals surface area contributed by atoms with Crippen molar-refractivity contribution >= 4 is 27.9 Å². The third kappa shape index (κ3) is 3.56. The van der Waals surface area contributed by atoms with Gasteiger partial charge < -0.3 is 5.32 Å². The summed E-state index contributed by atoms with van der Waals surface area (Å²) in [5.41, 5.74) is 1.01. The highest BCUT2D eigenvalue weighted by Gasteiger charge is 2.02. The molecule has 0 spiro atoms. The zero-order chi connectivity index (χ0) is 12.1. The van der Waals surface area contributed by atoms with Gasteiger partial charge in [0.25, 0.3) is 0 Å². The summed E-state index contributed by atoms with van der Waals surface area (Å²) in [6.45, 7) is 0.452. The number of rotatable bonds is 3. The lowest BCUT2D eigenvalue weighted by Gasteiger charge is -2.05. The maximum absolute atomic E-state index is 11.4. The van der Waals surface area contributed by atoms with Crippen LogP contribution in [0, 0.1) is 0 Å². The smallest absolute Gasteiger partial charge is 0.321 e. The first-order chi connectivity index (χ1) is 8.24. The molecule has 0 fully saturated rings. The molecule has 1 heterocycles. The molecular weight excluding hydrogens is 286 g/mol. The number of nitrogens with one attached hydrogen (secondary N) is 3. The van der Waals surface area contributed by atoms with Crippen LogP contribution in [0.4, 0.5) is 10.7 Å². The molecule has 6 nitrogen and oxygen atoms in total. The number of carbonyl (C=O) groups is 1. The standard InChI is InChI=1S/C10H10BrN5O/c11-8-3-1-7(2-4-8)5-12-10(17)15-9-13-6-14-16-9/h1-4,6H,5H2,(H3,12,13,14,15,16,17). The molecule has 0 bridgehead atoms. The van der Waals surface area contributed by atoms with E-state index in [1.165, 1.54) is 6.33 Å². The Kier molecular flexibility index (Phi) is 3.71. The molecule has 0 aliphatic heterocycles. The summed E-state index contributed by atoms with van der Waals surface area (Å²) >= 11 is 3.35. The first-order valence-corrected chi connectivity index (χ1v) is 5.68. The molecule has 3 N–H and O–H groups in total. The molecule has 88 valence electrons. The molecule has 2 rings (SSSR count). The number of amides is 2. The Morgan fingerprint density at radius 1 is 1.35 bits per heavy atom. The molecule has 0 aliphatic carbocycles. The van der Waals surface area contributed by atoms with Crippen molar-refractivity contribution in [3.8, 4) is 0 Å². The Balaban J connectivity index is 1.82. The average Bonchev–Trinajstić information content (AvgIpc) is 2.81. The van der Waals surface area contributed by atoms with Gasteiger partial charge in [0, 0.05) is 11.0 Å². The Morgan fingerprint density at radius 3 is 2.76 bits per heavy atom. The molecule has 0 saturated carbocycles. The number of urea groups is 1. The van der Waals surface area contributed by atoms with E-state index in [0.29, 0.717) is 12.5 Å². The van der Waals surface area contributed by atoms with E-state index in [2.05, 4.69) is 41.7 Å². The van der Waals surface area contributed by atoms with Gasteiger partial charge in [-0.15, -0.1) is 0 Å². The topological polar surface area (TPSA) is 82.7 Å². The lowest BCUT2D eigenvalue weighted by molar-refractivity contribution is 0.251. The van der Waals surface area contributed by atoms with Crippen LogP contribution in [0.1, 0.15) is 5.56 Å². The number of halogens is 1. The van der Waals surface area contributed by atoms with Crippen molar-refractivity contribution in [3.63, 3.8) is 0 Å². The van der Waals surface area contributed by atoms with Crippen LogP contribution in [0.5, 0.6) is 0 Å². The second-order valence-corrected chi connectivity index (χ2v) is 4.18. The molecule has 0 saturated heterocycles. The highest BCUT2D eigenvalue weighted by Crippen LogP contribution is 2.10. The highest BCUT2D eigenvalue weighted by molar-refractivity contribution is 9.10. The largest absolute Gasteiger partial charge is 0.334 e. The Labute approximate surface area is 106 Å². The maximum Gasteiger partial charge on any atom is 0.321 e. The molecule has 0 radical (unpaired) electrons. The van der Waals surface area contributed by atoms with E-state index >= 15 is 0 Å². The molecule has 17 heavy (non-hydrogen) atoms. The van der Waals surface area contributed by atoms with Crippen LogP contribution in [0.25, 0.3) is 0 Å². The van der Waals surface area contributed by atoms with Crippen molar-refractivity contribution in [2.75, 3.05) is 5.32 Å². The van der Waals surface area contributed by atoms with Gasteiger partial charge in [0.15, 0.2) is 0 Å². The zero-order valence-corrected chi connectivity index (χ0v) is 10.4. The molecule has 7 heteroatoms. The summed E-state index contributed by atoms with van der Waals surface area (Å²) < 4.78 is 1.01. The van der Waals surface area contributed by atoms with E-state index in [-0.39, 0.29) is 6.03 Å². The first kappa shape index (κ1) is 11.6. The summed E-state index contributed by atoms with van der Waals surface area (Å²) in [6.07, 6.45) is 1.32. The maximum atomic E-state index is 11.4. The second-order valence-electron chi connectivity index (χ2n) is 3.27. The van der Waals surface area contributed by atoms with Crippen LogP contribution in [0.3, 0.4) is 0 Å². The van der Waals surface area contributed by atoms with Gasteiger partial charge in [-0.25, -0.2) is 9.89 Å². The molecule has 0 atom stereocenters. The lowest BCUT2D eigenvalue weighted by atomic mass is 10.2. The van der Waals surface area contributed by atoms with E-state index < -0.39 is 0 Å². The molecular formula is C10H10BrN5O. The number of aromatic nitrogens is 3. The van der Waals surface area contributed by atoms with E-state index in [0.717, 1.165) is 10.0 Å². The van der Waals surface area contributed by atoms with Crippen molar-refractivity contribution in [3.05, 3.63) is 40.6 Å². The predicted molar refractivity (Wildman–Crippen MR) is 66.4 cm³/mol. The number of hydrogen-bond donors (Lipinski definition) is 3. The molecule has 0 unspecified atom stereocenters. The highest BCUT2D eigenvalue weighted by atomic mass is 79.9. The van der Waals surface area contributed by atoms with Gasteiger partial charge in [-0.05, 0) is 17.7 Å². The van der Waals surface area contributed by atoms with Crippen LogP contribution < -0.4 is 10.6 Å². The summed E-state index contributed by atoms with van der Waals surface area (Å²) in [7, 11) is 0. The van der Waals surface area contributed by atoms with Gasteiger partial charge in [-0.2, -0.15) is 10.1 Å². The number of hydrogen-bond acceptors (Lipinski definition) is 3. The number of nitrogens with zero attached hydrogens (tertiary/aromatic N) is 2. The van der Waals surface area contributed by atoms with Crippen LogP contribution >= 0.6 is 15.9 Å². The normalized spacial score (nSPS) is 9.94. The van der Waals surface area contributed by atoms with Gasteiger partial charge in [0.1, 0.15) is 6.33 Å². The van der Waals surface area contributed by atoms with Crippen LogP contribution in [-0.4, -0.2) is 21.2 Å². The number of anilines is 1. The van der Waals surface area contributed by atoms with Crippen molar-refractivity contribution in [2.45, 2.75) is 6.54 Å². The van der Waals surface area contributed by atoms with Gasteiger partial charge >= 0.3 is 6.03 Å². The fraction of sp³-hybridized carbons (Fsp3) is 0.100. The fourth-order valence-electron chi connectivity index (χ4n) is 1.20. The molecule has 0 aliphatic rings. The van der Waals surface area contributed by atoms with Gasteiger partial charge in [-0.1, -0.05) is 28.1 Å². The molecule has 2 amide bonds. The Hall–Kier alpha value is -1.89. The number of carbonyl (C=O) groups excluding carboxylic acids is 1. The lowest BCUT2D eigenvalue weighted by Crippen LogP contribution is -2.28. The third-order valence-electron chi connectivity index (χ3n) is 2.01. The van der Waals surface area contributed by atoms with Gasteiger partial charge in [0.05, 0.1) is 0 Å². The SMILES string of the molecule is O=C(NCc1ccc(Br)cc1)Nc1ncn[nH]1. The number of benzene rings is 1. The van der Waals surface area contributed by atoms with Gasteiger partial charge in [-0.3, -0.25) is 5.32 Å². The van der Waals surface area contributed by atoms with E-state index in [9.17, 15) is 4.79 Å². The van der Waals surface area contributed by atoms with E-state index in [1.807, 2.05) is 24.3 Å². The average molecular weight is 296 g/mol. The zero-order valence-electron chi connectivity index (χ0n) is 8.77. The fourth-order valence-corrected chi connectivity index (χ4v) is 1.47. The van der Waals surface area contributed by atoms with Crippen LogP contribution in [0.2, 0.25) is 0 Å². The minimum absolute atomic E-state index is 0.318. The Bertz CT molecular complexity index is 482. The van der Waals surface area contributed by atoms with Crippen molar-refractivity contribution in [2.24, 2.45) is 0 Å². The van der Waals surface area contributed by atoms with Crippen molar-refractivity contribution < 1.29 is 4.79 Å².